The Balaban J connectivity index is 1.74. The number of anilines is 1. The van der Waals surface area contributed by atoms with Crippen LogP contribution in [0.3, 0.4) is 0 Å². The van der Waals surface area contributed by atoms with Crippen molar-refractivity contribution >= 4 is 43.3 Å². The molecule has 0 spiro atoms. The first-order valence-corrected chi connectivity index (χ1v) is 11.6. The van der Waals surface area contributed by atoms with Gasteiger partial charge < -0.3 is 8.83 Å². The van der Waals surface area contributed by atoms with Crippen molar-refractivity contribution < 1.29 is 22.0 Å². The molecule has 0 saturated carbocycles. The molecule has 3 heterocycles. The van der Waals surface area contributed by atoms with E-state index in [1.165, 1.54) is 11.3 Å². The molecule has 0 fully saturated rings. The molecule has 156 valence electrons. The van der Waals surface area contributed by atoms with Crippen molar-refractivity contribution in [2.24, 2.45) is 5.10 Å². The monoisotopic (exact) mass is 491 g/mol. The maximum absolute atomic E-state index is 13.1. The van der Waals surface area contributed by atoms with Gasteiger partial charge in [-0.25, -0.2) is 13.4 Å². The summed E-state index contributed by atoms with van der Waals surface area (Å²) in [5, 5.41) is 5.84. The summed E-state index contributed by atoms with van der Waals surface area (Å²) in [5.41, 5.74) is 1.57. The number of carbonyl (C=O) groups excluding carboxylic acids is 1. The van der Waals surface area contributed by atoms with Gasteiger partial charge in [-0.2, -0.15) is 5.10 Å². The van der Waals surface area contributed by atoms with Gasteiger partial charge in [-0.1, -0.05) is 18.2 Å². The molecule has 0 radical (unpaired) electrons. The Kier molecular flexibility index (Phi) is 5.52. The van der Waals surface area contributed by atoms with Crippen LogP contribution < -0.4 is 4.72 Å². The summed E-state index contributed by atoms with van der Waals surface area (Å²) in [6.45, 7) is 1.56. The molecule has 10 heteroatoms. The smallest absolute Gasteiger partial charge is 0.310 e. The number of hydrogen-bond donors (Lipinski definition) is 1. The van der Waals surface area contributed by atoms with E-state index in [4.69, 9.17) is 8.83 Å². The predicted octanol–water partition coefficient (Wildman–Crippen LogP) is 4.39. The molecule has 1 aliphatic rings. The first kappa shape index (κ1) is 20.4. The number of nitrogens with one attached hydrogen (secondary N) is 1. The van der Waals surface area contributed by atoms with Gasteiger partial charge in [-0.3, -0.25) is 9.52 Å². The van der Waals surface area contributed by atoms with Gasteiger partial charge in [0, 0.05) is 12.0 Å². The topological polar surface area (TPSA) is 105 Å². The van der Waals surface area contributed by atoms with Crippen molar-refractivity contribution in [2.75, 3.05) is 10.5 Å². The number of halogens is 1. The van der Waals surface area contributed by atoms with Crippen LogP contribution in [0, 0.1) is 0 Å². The van der Waals surface area contributed by atoms with E-state index in [2.05, 4.69) is 25.8 Å². The number of benzene rings is 1. The number of hydrazone groups is 1. The number of hydrogen-bond acceptors (Lipinski definition) is 6. The van der Waals surface area contributed by atoms with E-state index in [1.807, 2.05) is 0 Å². The minimum atomic E-state index is -3.48. The Morgan fingerprint density at radius 2 is 2.03 bits per heavy atom. The van der Waals surface area contributed by atoms with Crippen molar-refractivity contribution in [2.45, 2.75) is 19.4 Å². The van der Waals surface area contributed by atoms with Crippen LogP contribution in [0.15, 0.2) is 73.4 Å². The van der Waals surface area contributed by atoms with E-state index in [0.717, 1.165) is 0 Å². The van der Waals surface area contributed by atoms with Crippen LogP contribution in [0.4, 0.5) is 5.69 Å². The molecule has 2 aromatic heterocycles. The van der Waals surface area contributed by atoms with E-state index >= 15 is 0 Å². The molecule has 1 amide bonds. The zero-order valence-corrected chi connectivity index (χ0v) is 18.3. The van der Waals surface area contributed by atoms with Gasteiger partial charge in [0.05, 0.1) is 23.4 Å². The summed E-state index contributed by atoms with van der Waals surface area (Å²) in [5.74, 6) is 0.215. The second-order valence-corrected chi connectivity index (χ2v) is 9.38. The van der Waals surface area contributed by atoms with Crippen LogP contribution in [0.5, 0.6) is 0 Å². The lowest BCUT2D eigenvalue weighted by molar-refractivity contribution is 0.0659. The van der Waals surface area contributed by atoms with E-state index in [1.54, 1.807) is 55.5 Å². The van der Waals surface area contributed by atoms with E-state index < -0.39 is 22.0 Å². The van der Waals surface area contributed by atoms with E-state index in [0.29, 0.717) is 33.8 Å². The second kappa shape index (κ2) is 8.11. The lowest BCUT2D eigenvalue weighted by atomic mass is 10.0. The zero-order chi connectivity index (χ0) is 21.3. The molecular weight excluding hydrogens is 474 g/mol. The molecule has 0 unspecified atom stereocenters. The maximum atomic E-state index is 13.1. The predicted molar refractivity (Wildman–Crippen MR) is 115 cm³/mol. The van der Waals surface area contributed by atoms with E-state index in [-0.39, 0.29) is 11.5 Å². The Morgan fingerprint density at radius 3 is 2.70 bits per heavy atom. The maximum Gasteiger partial charge on any atom is 0.310 e. The molecule has 8 nitrogen and oxygen atoms in total. The molecule has 0 aliphatic carbocycles. The van der Waals surface area contributed by atoms with E-state index in [9.17, 15) is 13.2 Å². The Hall–Kier alpha value is -2.85. The summed E-state index contributed by atoms with van der Waals surface area (Å²) in [4.78, 5) is 13.1. The summed E-state index contributed by atoms with van der Waals surface area (Å²) >= 11 is 3.20. The molecular formula is C20H18BrN3O5S. The van der Waals surface area contributed by atoms with Crippen molar-refractivity contribution in [3.8, 4) is 0 Å². The minimum absolute atomic E-state index is 0.0547. The molecule has 1 aliphatic heterocycles. The fourth-order valence-corrected chi connectivity index (χ4v) is 4.13. The molecule has 4 rings (SSSR count). The summed E-state index contributed by atoms with van der Waals surface area (Å²) in [6, 6.07) is 13.2. The van der Waals surface area contributed by atoms with Gasteiger partial charge in [0.15, 0.2) is 10.4 Å². The first-order chi connectivity index (χ1) is 14.4. The first-order valence-electron chi connectivity index (χ1n) is 9.17. The number of nitrogens with zero attached hydrogens (tertiary/aromatic N) is 2. The van der Waals surface area contributed by atoms with Crippen molar-refractivity contribution in [3.05, 3.63) is 76.5 Å². The number of rotatable bonds is 6. The minimum Gasteiger partial charge on any atom is -0.467 e. The Bertz CT molecular complexity index is 1200. The third-order valence-electron chi connectivity index (χ3n) is 4.66. The summed E-state index contributed by atoms with van der Waals surface area (Å²) in [7, 11) is -3.48. The molecule has 0 saturated heterocycles. The zero-order valence-electron chi connectivity index (χ0n) is 15.9. The highest BCUT2D eigenvalue weighted by atomic mass is 79.9. The standard InChI is InChI=1S/C20H18BrN3O5S/c1-2-30(26,27)23-14-7-4-3-6-13(14)15-12-16(17-8-5-11-28-17)24(22-15)20(25)18-9-10-19(21)29-18/h3-11,16,23H,2,12H2,1H3/t16-/m1/s1. The van der Waals surface area contributed by atoms with Crippen LogP contribution in [0.1, 0.15) is 41.3 Å². The van der Waals surface area contributed by atoms with Gasteiger partial charge in [0.25, 0.3) is 0 Å². The highest BCUT2D eigenvalue weighted by Crippen LogP contribution is 2.36. The van der Waals surface area contributed by atoms with Crippen LogP contribution in [0.25, 0.3) is 0 Å². The summed E-state index contributed by atoms with van der Waals surface area (Å²) < 4.78 is 38.1. The van der Waals surface area contributed by atoms with Crippen LogP contribution in [0.2, 0.25) is 0 Å². The van der Waals surface area contributed by atoms with Crippen LogP contribution in [-0.2, 0) is 10.0 Å². The van der Waals surface area contributed by atoms with Gasteiger partial charge in [-0.05, 0) is 53.2 Å². The van der Waals surface area contributed by atoms with Gasteiger partial charge in [0.2, 0.25) is 10.0 Å². The highest BCUT2D eigenvalue weighted by molar-refractivity contribution is 9.10. The quantitative estimate of drug-likeness (QED) is 0.550. The average Bonchev–Trinajstić information content (AvgIpc) is 3.48. The lowest BCUT2D eigenvalue weighted by Crippen LogP contribution is -2.26. The average molecular weight is 492 g/mol. The molecule has 30 heavy (non-hydrogen) atoms. The van der Waals surface area contributed by atoms with Crippen LogP contribution >= 0.6 is 15.9 Å². The fourth-order valence-electron chi connectivity index (χ4n) is 3.17. The van der Waals surface area contributed by atoms with Gasteiger partial charge >= 0.3 is 5.91 Å². The normalized spacial score (nSPS) is 16.5. The largest absolute Gasteiger partial charge is 0.467 e. The van der Waals surface area contributed by atoms with Gasteiger partial charge in [0.1, 0.15) is 11.8 Å². The third-order valence-corrected chi connectivity index (χ3v) is 6.37. The number of sulfonamides is 1. The van der Waals surface area contributed by atoms with Crippen molar-refractivity contribution in [3.63, 3.8) is 0 Å². The lowest BCUT2D eigenvalue weighted by Gasteiger charge is -2.18. The van der Waals surface area contributed by atoms with Crippen molar-refractivity contribution in [1.29, 1.82) is 0 Å². The third kappa shape index (κ3) is 4.05. The number of furan rings is 2. The highest BCUT2D eigenvalue weighted by Gasteiger charge is 2.37. The van der Waals surface area contributed by atoms with Crippen LogP contribution in [-0.4, -0.2) is 30.8 Å². The number of carbonyl (C=O) groups is 1. The molecule has 3 aromatic rings. The SMILES string of the molecule is CCS(=O)(=O)Nc1ccccc1C1=NN(C(=O)c2ccc(Br)o2)[C@@H](c2ccco2)C1. The summed E-state index contributed by atoms with van der Waals surface area (Å²) in [6.07, 6.45) is 1.88. The molecule has 1 aromatic carbocycles. The molecule has 1 atom stereocenters. The Labute approximate surface area is 181 Å². The fraction of sp³-hybridized carbons (Fsp3) is 0.200. The molecule has 0 bridgehead atoms. The second-order valence-electron chi connectivity index (χ2n) is 6.59. The number of para-hydroxylation sites is 1. The Morgan fingerprint density at radius 1 is 1.23 bits per heavy atom. The van der Waals surface area contributed by atoms with Crippen molar-refractivity contribution in [1.82, 2.24) is 5.01 Å². The van der Waals surface area contributed by atoms with Gasteiger partial charge in [-0.15, -0.1) is 0 Å². The number of amides is 1. The molecule has 1 N–H and O–H groups in total.